The van der Waals surface area contributed by atoms with E-state index in [1.165, 1.54) is 0 Å². The molecule has 0 spiro atoms. The number of para-hydroxylation sites is 1. The van der Waals surface area contributed by atoms with Crippen molar-refractivity contribution in [1.82, 2.24) is 5.53 Å². The summed E-state index contributed by atoms with van der Waals surface area (Å²) in [6.07, 6.45) is 1.81. The number of thiocarbonyl (C=S) groups is 1. The molecular weight excluding hydrogens is 208 g/mol. The zero-order valence-corrected chi connectivity index (χ0v) is 9.07. The van der Waals surface area contributed by atoms with Gasteiger partial charge in [0.2, 0.25) is 0 Å². The molecule has 15 heavy (non-hydrogen) atoms. The van der Waals surface area contributed by atoms with Gasteiger partial charge in [-0.05, 0) is 18.6 Å². The molecule has 0 aromatic heterocycles. The molecule has 5 heteroatoms. The highest BCUT2D eigenvalue weighted by molar-refractivity contribution is 7.80. The van der Waals surface area contributed by atoms with Gasteiger partial charge in [-0.15, -0.1) is 5.11 Å². The third-order valence-electron chi connectivity index (χ3n) is 2.17. The van der Waals surface area contributed by atoms with Crippen LogP contribution in [0, 0.1) is 0 Å². The average molecular weight is 220 g/mol. The number of anilines is 1. The summed E-state index contributed by atoms with van der Waals surface area (Å²) in [5.74, 6) is 0. The average Bonchev–Trinajstić information content (AvgIpc) is 2.24. The Kier molecular flexibility index (Phi) is 3.24. The highest BCUT2D eigenvalue weighted by Crippen LogP contribution is 2.13. The van der Waals surface area contributed by atoms with E-state index in [2.05, 4.69) is 15.9 Å². The van der Waals surface area contributed by atoms with Crippen LogP contribution in [0.4, 0.5) is 5.69 Å². The molecule has 1 aromatic rings. The van der Waals surface area contributed by atoms with Crippen LogP contribution in [0.5, 0.6) is 0 Å². The van der Waals surface area contributed by atoms with E-state index < -0.39 is 0 Å². The molecule has 0 bridgehead atoms. The molecule has 1 N–H and O–H groups in total. The molecule has 78 valence electrons. The standard InChI is InChI=1S/C10H12N4S/c15-10-7-4-8-14(13-12-11-10)9-5-2-1-3-6-9/h1-3,5-6H,4,7-8H2,(H,11,13,15). The Hall–Kier alpha value is -1.49. The van der Waals surface area contributed by atoms with Gasteiger partial charge < -0.3 is 0 Å². The molecule has 0 saturated heterocycles. The zero-order valence-electron chi connectivity index (χ0n) is 8.26. The molecule has 0 unspecified atom stereocenters. The third-order valence-corrected chi connectivity index (χ3v) is 2.45. The van der Waals surface area contributed by atoms with Crippen LogP contribution in [0.25, 0.3) is 0 Å². The van der Waals surface area contributed by atoms with Crippen LogP contribution < -0.4 is 10.5 Å². The molecule has 1 aliphatic heterocycles. The van der Waals surface area contributed by atoms with E-state index in [9.17, 15) is 0 Å². The van der Waals surface area contributed by atoms with Crippen LogP contribution in [0.1, 0.15) is 12.8 Å². The lowest BCUT2D eigenvalue weighted by molar-refractivity contribution is 0.601. The molecule has 1 aliphatic rings. The van der Waals surface area contributed by atoms with Gasteiger partial charge in [0.1, 0.15) is 4.99 Å². The van der Waals surface area contributed by atoms with Crippen molar-refractivity contribution in [3.05, 3.63) is 30.3 Å². The maximum Gasteiger partial charge on any atom is 0.127 e. The van der Waals surface area contributed by atoms with Crippen molar-refractivity contribution in [2.45, 2.75) is 12.8 Å². The van der Waals surface area contributed by atoms with Gasteiger partial charge in [-0.1, -0.05) is 35.6 Å². The lowest BCUT2D eigenvalue weighted by Crippen LogP contribution is -2.36. The number of hydrogen-bond donors (Lipinski definition) is 1. The second kappa shape index (κ2) is 4.84. The van der Waals surface area contributed by atoms with E-state index in [0.29, 0.717) is 4.99 Å². The Balaban J connectivity index is 2.10. The molecule has 1 heterocycles. The number of nitrogens with one attached hydrogen (secondary N) is 1. The zero-order chi connectivity index (χ0) is 10.5. The Bertz CT molecular complexity index is 363. The fraction of sp³-hybridized carbons (Fsp3) is 0.300. The number of rotatable bonds is 1. The van der Waals surface area contributed by atoms with E-state index in [0.717, 1.165) is 25.1 Å². The quantitative estimate of drug-likeness (QED) is 0.739. The molecular formula is C10H12N4S. The van der Waals surface area contributed by atoms with Crippen LogP contribution in [0.15, 0.2) is 40.7 Å². The first-order chi connectivity index (χ1) is 7.36. The first kappa shape index (κ1) is 10.0. The van der Waals surface area contributed by atoms with Gasteiger partial charge in [0.25, 0.3) is 0 Å². The number of hydrogen-bond acceptors (Lipinski definition) is 4. The smallest absolute Gasteiger partial charge is 0.127 e. The molecule has 0 radical (unpaired) electrons. The van der Waals surface area contributed by atoms with Gasteiger partial charge in [0, 0.05) is 13.0 Å². The Labute approximate surface area is 93.9 Å². The summed E-state index contributed by atoms with van der Waals surface area (Å²) >= 11 is 4.99. The number of benzene rings is 1. The molecule has 4 nitrogen and oxygen atoms in total. The summed E-state index contributed by atoms with van der Waals surface area (Å²) in [6.45, 7) is 0.878. The Morgan fingerprint density at radius 3 is 2.87 bits per heavy atom. The van der Waals surface area contributed by atoms with Gasteiger partial charge in [-0.3, -0.25) is 5.01 Å². The number of nitrogens with zero attached hydrogens (tertiary/aromatic N) is 3. The summed E-state index contributed by atoms with van der Waals surface area (Å²) in [4.78, 5) is 0.662. The Morgan fingerprint density at radius 1 is 1.27 bits per heavy atom. The molecule has 2 rings (SSSR count). The van der Waals surface area contributed by atoms with E-state index >= 15 is 0 Å². The molecule has 0 aliphatic carbocycles. The van der Waals surface area contributed by atoms with E-state index in [1.54, 1.807) is 0 Å². The summed E-state index contributed by atoms with van der Waals surface area (Å²) in [5.41, 5.74) is 3.96. The minimum absolute atomic E-state index is 0.662. The summed E-state index contributed by atoms with van der Waals surface area (Å²) in [7, 11) is 0. The van der Waals surface area contributed by atoms with Crippen LogP contribution in [0.2, 0.25) is 0 Å². The van der Waals surface area contributed by atoms with Crippen molar-refractivity contribution in [2.75, 3.05) is 11.6 Å². The van der Waals surface area contributed by atoms with Crippen LogP contribution >= 0.6 is 12.2 Å². The molecule has 0 saturated carbocycles. The van der Waals surface area contributed by atoms with Crippen LogP contribution in [0.3, 0.4) is 0 Å². The van der Waals surface area contributed by atoms with Gasteiger partial charge in [-0.2, -0.15) is 5.53 Å². The van der Waals surface area contributed by atoms with E-state index in [4.69, 9.17) is 12.2 Å². The minimum atomic E-state index is 0.662. The summed E-state index contributed by atoms with van der Waals surface area (Å²) < 4.78 is 0. The van der Waals surface area contributed by atoms with Gasteiger partial charge in [0.15, 0.2) is 0 Å². The van der Waals surface area contributed by atoms with Crippen molar-refractivity contribution in [3.8, 4) is 0 Å². The van der Waals surface area contributed by atoms with Gasteiger partial charge in [0.05, 0.1) is 5.69 Å². The first-order valence-electron chi connectivity index (χ1n) is 4.88. The lowest BCUT2D eigenvalue weighted by Gasteiger charge is -2.23. The fourth-order valence-corrected chi connectivity index (χ4v) is 1.60. The van der Waals surface area contributed by atoms with Crippen molar-refractivity contribution in [2.24, 2.45) is 10.3 Å². The largest absolute Gasteiger partial charge is 0.271 e. The monoisotopic (exact) mass is 220 g/mol. The van der Waals surface area contributed by atoms with Crippen LogP contribution in [-0.4, -0.2) is 11.5 Å². The normalized spacial score (nSPS) is 16.8. The van der Waals surface area contributed by atoms with Gasteiger partial charge >= 0.3 is 0 Å². The minimum Gasteiger partial charge on any atom is -0.271 e. The predicted octanol–water partition coefficient (Wildman–Crippen LogP) is 2.49. The topological polar surface area (TPSA) is 40.0 Å². The maximum atomic E-state index is 4.99. The Morgan fingerprint density at radius 2 is 2.07 bits per heavy atom. The van der Waals surface area contributed by atoms with E-state index in [-0.39, 0.29) is 0 Å². The second-order valence-corrected chi connectivity index (χ2v) is 3.76. The van der Waals surface area contributed by atoms with Gasteiger partial charge in [-0.25, -0.2) is 0 Å². The van der Waals surface area contributed by atoms with Crippen molar-refractivity contribution < 1.29 is 0 Å². The molecule has 0 atom stereocenters. The number of hydrazine groups is 1. The second-order valence-electron chi connectivity index (χ2n) is 3.28. The van der Waals surface area contributed by atoms with Crippen molar-refractivity contribution >= 4 is 22.9 Å². The summed E-state index contributed by atoms with van der Waals surface area (Å²) in [5, 5.41) is 9.66. The summed E-state index contributed by atoms with van der Waals surface area (Å²) in [6, 6.07) is 10.0. The fourth-order valence-electron chi connectivity index (χ4n) is 1.42. The SMILES string of the molecule is S=C1CCCN(c2ccccc2)NN=N1. The highest BCUT2D eigenvalue weighted by atomic mass is 32.1. The molecule has 0 fully saturated rings. The van der Waals surface area contributed by atoms with Crippen molar-refractivity contribution in [1.29, 1.82) is 0 Å². The first-order valence-corrected chi connectivity index (χ1v) is 5.29. The van der Waals surface area contributed by atoms with Crippen molar-refractivity contribution in [3.63, 3.8) is 0 Å². The van der Waals surface area contributed by atoms with Crippen LogP contribution in [-0.2, 0) is 0 Å². The third kappa shape index (κ3) is 2.73. The highest BCUT2D eigenvalue weighted by Gasteiger charge is 2.07. The lowest BCUT2D eigenvalue weighted by atomic mass is 10.2. The predicted molar refractivity (Wildman–Crippen MR) is 63.6 cm³/mol. The molecule has 0 amide bonds. The maximum absolute atomic E-state index is 4.99. The molecule has 1 aromatic carbocycles. The van der Waals surface area contributed by atoms with E-state index in [1.807, 2.05) is 35.3 Å².